The first-order valence-electron chi connectivity index (χ1n) is 8.08. The van der Waals surface area contributed by atoms with Crippen molar-refractivity contribution in [3.8, 4) is 11.3 Å². The summed E-state index contributed by atoms with van der Waals surface area (Å²) in [6.07, 6.45) is -4.51. The van der Waals surface area contributed by atoms with Gasteiger partial charge in [0.15, 0.2) is 11.7 Å². The third kappa shape index (κ3) is 5.38. The Hall–Kier alpha value is -3.27. The van der Waals surface area contributed by atoms with E-state index in [1.807, 2.05) is 0 Å². The number of halogens is 4. The number of rotatable bonds is 5. The largest absolute Gasteiger partial charge is 0.452 e. The number of benzene rings is 2. The van der Waals surface area contributed by atoms with Gasteiger partial charge in [-0.05, 0) is 48.5 Å². The summed E-state index contributed by atoms with van der Waals surface area (Å²) in [5, 5.41) is 4.36. The van der Waals surface area contributed by atoms with Gasteiger partial charge in [0, 0.05) is 10.9 Å². The first-order chi connectivity index (χ1) is 13.7. The van der Waals surface area contributed by atoms with Crippen LogP contribution in [-0.4, -0.2) is 23.5 Å². The minimum Gasteiger partial charge on any atom is -0.452 e. The molecule has 0 aliphatic rings. The number of aromatic nitrogens is 1. The minimum atomic E-state index is -4.51. The van der Waals surface area contributed by atoms with Crippen LogP contribution in [0.5, 0.6) is 0 Å². The van der Waals surface area contributed by atoms with Gasteiger partial charge in [-0.15, -0.1) is 11.3 Å². The third-order valence-corrected chi connectivity index (χ3v) is 4.43. The van der Waals surface area contributed by atoms with Crippen LogP contribution in [0, 0.1) is 5.82 Å². The highest BCUT2D eigenvalue weighted by molar-refractivity contribution is 7.14. The van der Waals surface area contributed by atoms with E-state index in [4.69, 9.17) is 4.74 Å². The van der Waals surface area contributed by atoms with Gasteiger partial charge in [-0.1, -0.05) is 0 Å². The zero-order valence-electron chi connectivity index (χ0n) is 14.5. The van der Waals surface area contributed by atoms with Crippen LogP contribution < -0.4 is 5.32 Å². The Kier molecular flexibility index (Phi) is 5.92. The van der Waals surface area contributed by atoms with Crippen molar-refractivity contribution in [2.45, 2.75) is 6.18 Å². The molecule has 3 aromatic rings. The van der Waals surface area contributed by atoms with Gasteiger partial charge in [0.1, 0.15) is 5.82 Å². The molecule has 0 atom stereocenters. The second-order valence-electron chi connectivity index (χ2n) is 5.74. The fourth-order valence-corrected chi connectivity index (χ4v) is 2.99. The van der Waals surface area contributed by atoms with Gasteiger partial charge in [0.2, 0.25) is 0 Å². The van der Waals surface area contributed by atoms with E-state index in [1.54, 1.807) is 17.5 Å². The molecule has 2 aromatic carbocycles. The Morgan fingerprint density at radius 2 is 1.69 bits per heavy atom. The monoisotopic (exact) mass is 424 g/mol. The van der Waals surface area contributed by atoms with Crippen LogP contribution >= 0.6 is 11.3 Å². The van der Waals surface area contributed by atoms with Crippen molar-refractivity contribution >= 4 is 28.3 Å². The minimum absolute atomic E-state index is 0.112. The second-order valence-corrected chi connectivity index (χ2v) is 6.60. The molecule has 0 bridgehead atoms. The molecule has 0 spiro atoms. The fraction of sp³-hybridized carbons (Fsp3) is 0.105. The Labute approximate surface area is 166 Å². The number of carbonyl (C=O) groups is 2. The maximum Gasteiger partial charge on any atom is 0.416 e. The predicted octanol–water partition coefficient (Wildman–Crippen LogP) is 4.76. The highest BCUT2D eigenvalue weighted by atomic mass is 32.1. The maximum absolute atomic E-state index is 13.0. The number of esters is 1. The summed E-state index contributed by atoms with van der Waals surface area (Å²) in [5.41, 5.74) is 0.190. The summed E-state index contributed by atoms with van der Waals surface area (Å²) < 4.78 is 55.3. The Morgan fingerprint density at radius 1 is 1.03 bits per heavy atom. The Bertz CT molecular complexity index is 1020. The van der Waals surface area contributed by atoms with Crippen LogP contribution in [0.15, 0.2) is 53.9 Å². The van der Waals surface area contributed by atoms with Gasteiger partial charge in [-0.25, -0.2) is 14.2 Å². The third-order valence-electron chi connectivity index (χ3n) is 3.67. The number of ether oxygens (including phenoxy) is 1. The molecule has 0 fully saturated rings. The average molecular weight is 424 g/mol. The summed E-state index contributed by atoms with van der Waals surface area (Å²) in [4.78, 5) is 27.9. The van der Waals surface area contributed by atoms with Crippen LogP contribution in [0.2, 0.25) is 0 Å². The number of amides is 1. The van der Waals surface area contributed by atoms with Crippen LogP contribution in [0.3, 0.4) is 0 Å². The highest BCUT2D eigenvalue weighted by Crippen LogP contribution is 2.29. The van der Waals surface area contributed by atoms with Gasteiger partial charge >= 0.3 is 12.1 Å². The first kappa shape index (κ1) is 20.5. The van der Waals surface area contributed by atoms with E-state index < -0.39 is 30.2 Å². The highest BCUT2D eigenvalue weighted by Gasteiger charge is 2.30. The van der Waals surface area contributed by atoms with Gasteiger partial charge < -0.3 is 4.74 Å². The summed E-state index contributed by atoms with van der Waals surface area (Å²) in [5.74, 6) is -1.97. The van der Waals surface area contributed by atoms with Gasteiger partial charge in [-0.3, -0.25) is 10.1 Å². The zero-order chi connectivity index (χ0) is 21.0. The van der Waals surface area contributed by atoms with Gasteiger partial charge in [-0.2, -0.15) is 13.2 Å². The number of hydrogen-bond donors (Lipinski definition) is 1. The van der Waals surface area contributed by atoms with Crippen molar-refractivity contribution in [1.82, 2.24) is 4.98 Å². The lowest BCUT2D eigenvalue weighted by molar-refractivity contribution is -0.137. The van der Waals surface area contributed by atoms with Crippen LogP contribution in [0.25, 0.3) is 11.3 Å². The number of anilines is 1. The van der Waals surface area contributed by atoms with Crippen LogP contribution in [0.1, 0.15) is 15.9 Å². The van der Waals surface area contributed by atoms with E-state index in [0.717, 1.165) is 35.6 Å². The number of alkyl halides is 3. The lowest BCUT2D eigenvalue weighted by Crippen LogP contribution is -2.21. The number of carbonyl (C=O) groups excluding carboxylic acids is 2. The van der Waals surface area contributed by atoms with Crippen molar-refractivity contribution in [3.05, 3.63) is 70.9 Å². The molecule has 1 amide bonds. The van der Waals surface area contributed by atoms with Crippen LogP contribution in [-0.2, 0) is 15.7 Å². The maximum atomic E-state index is 13.0. The molecular formula is C19H12F4N2O3S. The zero-order valence-corrected chi connectivity index (χ0v) is 15.3. The average Bonchev–Trinajstić information content (AvgIpc) is 3.14. The van der Waals surface area contributed by atoms with Crippen molar-refractivity contribution in [2.24, 2.45) is 0 Å². The second kappa shape index (κ2) is 8.39. The molecule has 1 N–H and O–H groups in total. The Balaban J connectivity index is 1.53. The quantitative estimate of drug-likeness (QED) is 0.474. The predicted molar refractivity (Wildman–Crippen MR) is 97.9 cm³/mol. The lowest BCUT2D eigenvalue weighted by Gasteiger charge is -2.08. The number of thiazole rings is 1. The molecular weight excluding hydrogens is 412 g/mol. The van der Waals surface area contributed by atoms with Crippen LogP contribution in [0.4, 0.5) is 22.7 Å². The van der Waals surface area contributed by atoms with Crippen molar-refractivity contribution in [1.29, 1.82) is 0 Å². The SMILES string of the molecule is O=C(COC(=O)c1ccc(C(F)(F)F)cc1)Nc1nc(-c2ccc(F)cc2)cs1. The first-order valence-corrected chi connectivity index (χ1v) is 8.96. The summed E-state index contributed by atoms with van der Waals surface area (Å²) >= 11 is 1.13. The normalized spacial score (nSPS) is 11.2. The summed E-state index contributed by atoms with van der Waals surface area (Å²) in [7, 11) is 0. The van der Waals surface area contributed by atoms with Crippen molar-refractivity contribution in [2.75, 3.05) is 11.9 Å². The Morgan fingerprint density at radius 3 is 2.31 bits per heavy atom. The number of nitrogens with one attached hydrogen (secondary N) is 1. The van der Waals surface area contributed by atoms with E-state index in [2.05, 4.69) is 10.3 Å². The molecule has 1 heterocycles. The summed E-state index contributed by atoms with van der Waals surface area (Å²) in [6, 6.07) is 9.11. The van der Waals surface area contributed by atoms with E-state index in [9.17, 15) is 27.2 Å². The molecule has 0 aliphatic carbocycles. The van der Waals surface area contributed by atoms with E-state index in [1.165, 1.54) is 12.1 Å². The number of hydrogen-bond acceptors (Lipinski definition) is 5. The molecule has 29 heavy (non-hydrogen) atoms. The molecule has 10 heteroatoms. The topological polar surface area (TPSA) is 68.3 Å². The van der Waals surface area contributed by atoms with Crippen molar-refractivity contribution in [3.63, 3.8) is 0 Å². The smallest absolute Gasteiger partial charge is 0.416 e. The van der Waals surface area contributed by atoms with Gasteiger partial charge in [0.05, 0.1) is 16.8 Å². The fourth-order valence-electron chi connectivity index (χ4n) is 2.25. The molecule has 3 rings (SSSR count). The molecule has 1 aromatic heterocycles. The molecule has 0 unspecified atom stereocenters. The van der Waals surface area contributed by atoms with E-state index in [-0.39, 0.29) is 16.5 Å². The summed E-state index contributed by atoms with van der Waals surface area (Å²) in [6.45, 7) is -0.634. The number of nitrogens with zero attached hydrogens (tertiary/aromatic N) is 1. The molecule has 150 valence electrons. The lowest BCUT2D eigenvalue weighted by atomic mass is 10.1. The van der Waals surface area contributed by atoms with Crippen molar-refractivity contribution < 1.29 is 31.9 Å². The molecule has 0 radical (unpaired) electrons. The molecule has 0 aliphatic heterocycles. The van der Waals surface area contributed by atoms with E-state index in [0.29, 0.717) is 11.3 Å². The van der Waals surface area contributed by atoms with Gasteiger partial charge in [0.25, 0.3) is 5.91 Å². The molecule has 0 saturated heterocycles. The van der Waals surface area contributed by atoms with E-state index >= 15 is 0 Å². The standard InChI is InChI=1S/C19H12F4N2O3S/c20-14-7-3-11(4-8-14)15-10-29-18(24-15)25-16(26)9-28-17(27)12-1-5-13(6-2-12)19(21,22)23/h1-8,10H,9H2,(H,24,25,26). The molecule has 0 saturated carbocycles. The molecule has 5 nitrogen and oxygen atoms in total.